The van der Waals surface area contributed by atoms with Crippen LogP contribution in [0.4, 0.5) is 0 Å². The van der Waals surface area contributed by atoms with Crippen molar-refractivity contribution in [2.45, 2.75) is 0 Å². The highest BCUT2D eigenvalue weighted by atomic mass is 16.6. The Morgan fingerprint density at radius 3 is 2.67 bits per heavy atom. The van der Waals surface area contributed by atoms with Gasteiger partial charge in [-0.3, -0.25) is 10.1 Å². The molecule has 1 aromatic heterocycles. The lowest BCUT2D eigenvalue weighted by atomic mass is 10.1. The van der Waals surface area contributed by atoms with Gasteiger partial charge in [-0.2, -0.15) is 0 Å². The van der Waals surface area contributed by atoms with E-state index in [0.717, 1.165) is 17.1 Å². The van der Waals surface area contributed by atoms with Crippen LogP contribution in [0.15, 0.2) is 24.5 Å². The number of hydrogen-bond donors (Lipinski definition) is 1. The van der Waals surface area contributed by atoms with E-state index >= 15 is 0 Å². The average Bonchev–Trinajstić information content (AvgIpc) is 2.84. The van der Waals surface area contributed by atoms with Gasteiger partial charge in [-0.15, -0.1) is 0 Å². The number of nitro groups is 1. The number of benzene rings is 1. The van der Waals surface area contributed by atoms with E-state index in [2.05, 4.69) is 4.98 Å². The normalized spacial score (nSPS) is 11.0. The van der Waals surface area contributed by atoms with Gasteiger partial charge in [0, 0.05) is 29.3 Å². The minimum absolute atomic E-state index is 0.512. The first kappa shape index (κ1) is 12.0. The molecule has 0 fully saturated rings. The molecule has 1 N–H and O–H groups in total. The van der Waals surface area contributed by atoms with E-state index in [-0.39, 0.29) is 0 Å². The topological polar surface area (TPSA) is 77.4 Å². The van der Waals surface area contributed by atoms with E-state index in [4.69, 9.17) is 9.47 Å². The monoisotopic (exact) mass is 248 g/mol. The molecule has 0 saturated carbocycles. The lowest BCUT2D eigenvalue weighted by molar-refractivity contribution is -0.400. The van der Waals surface area contributed by atoms with E-state index in [9.17, 15) is 10.1 Å². The molecular weight excluding hydrogens is 236 g/mol. The Bertz CT molecular complexity index is 616. The minimum atomic E-state index is -0.512. The molecule has 0 unspecified atom stereocenters. The zero-order chi connectivity index (χ0) is 13.1. The van der Waals surface area contributed by atoms with Crippen LogP contribution in [0, 0.1) is 10.1 Å². The Kier molecular flexibility index (Phi) is 3.18. The van der Waals surface area contributed by atoms with Crippen LogP contribution in [0.3, 0.4) is 0 Å². The first-order chi connectivity index (χ1) is 8.67. The largest absolute Gasteiger partial charge is 0.496 e. The molecule has 1 heterocycles. The third-order valence-electron chi connectivity index (χ3n) is 2.61. The molecule has 0 aliphatic heterocycles. The van der Waals surface area contributed by atoms with Crippen LogP contribution >= 0.6 is 0 Å². The van der Waals surface area contributed by atoms with Gasteiger partial charge in [0.2, 0.25) is 6.20 Å². The fourth-order valence-electron chi connectivity index (χ4n) is 1.84. The first-order valence-corrected chi connectivity index (χ1v) is 5.21. The number of rotatable bonds is 4. The molecule has 6 heteroatoms. The summed E-state index contributed by atoms with van der Waals surface area (Å²) in [6.07, 6.45) is 4.04. The molecule has 0 radical (unpaired) electrons. The van der Waals surface area contributed by atoms with Crippen molar-refractivity contribution in [3.8, 4) is 11.5 Å². The minimum Gasteiger partial charge on any atom is -0.496 e. The van der Waals surface area contributed by atoms with Crippen molar-refractivity contribution >= 4 is 17.0 Å². The number of nitrogens with zero attached hydrogens (tertiary/aromatic N) is 1. The lowest BCUT2D eigenvalue weighted by Gasteiger charge is -2.09. The van der Waals surface area contributed by atoms with Crippen LogP contribution in [0.2, 0.25) is 0 Å². The number of aromatic amines is 1. The standard InChI is InChI=1S/C12H12N2O4/c1-17-10-7-11(18-2)12-9(3-5-13-12)8(10)4-6-14(15)16/h3-7,13H,1-2H3. The van der Waals surface area contributed by atoms with Gasteiger partial charge in [0.15, 0.2) is 0 Å². The predicted octanol–water partition coefficient (Wildman–Crippen LogP) is 2.43. The highest BCUT2D eigenvalue weighted by molar-refractivity contribution is 5.95. The van der Waals surface area contributed by atoms with Crippen LogP contribution in [0.1, 0.15) is 5.56 Å². The Morgan fingerprint density at radius 1 is 1.33 bits per heavy atom. The molecule has 1 aromatic carbocycles. The van der Waals surface area contributed by atoms with Crippen LogP contribution < -0.4 is 9.47 Å². The van der Waals surface area contributed by atoms with Gasteiger partial charge in [-0.25, -0.2) is 0 Å². The summed E-state index contributed by atoms with van der Waals surface area (Å²) in [4.78, 5) is 12.9. The molecule has 0 spiro atoms. The second-order valence-corrected chi connectivity index (χ2v) is 3.56. The smallest absolute Gasteiger partial charge is 0.235 e. The summed E-state index contributed by atoms with van der Waals surface area (Å²) in [7, 11) is 3.07. The van der Waals surface area contributed by atoms with E-state index in [1.165, 1.54) is 13.2 Å². The van der Waals surface area contributed by atoms with Gasteiger partial charge >= 0.3 is 0 Å². The number of hydrogen-bond acceptors (Lipinski definition) is 4. The maximum absolute atomic E-state index is 10.4. The average molecular weight is 248 g/mol. The SMILES string of the molecule is COc1cc(OC)c2[nH]ccc2c1C=C[N+](=O)[O-]. The van der Waals surface area contributed by atoms with Crippen molar-refractivity contribution in [2.75, 3.05) is 14.2 Å². The van der Waals surface area contributed by atoms with Crippen molar-refractivity contribution in [1.82, 2.24) is 4.98 Å². The van der Waals surface area contributed by atoms with Crippen LogP contribution in [0.5, 0.6) is 11.5 Å². The summed E-state index contributed by atoms with van der Waals surface area (Å²) in [5, 5.41) is 11.2. The molecule has 94 valence electrons. The summed E-state index contributed by atoms with van der Waals surface area (Å²) in [6.45, 7) is 0. The molecule has 6 nitrogen and oxygen atoms in total. The summed E-state index contributed by atoms with van der Waals surface area (Å²) in [6, 6.07) is 3.51. The van der Waals surface area contributed by atoms with Crippen molar-refractivity contribution in [2.24, 2.45) is 0 Å². The fourth-order valence-corrected chi connectivity index (χ4v) is 1.84. The lowest BCUT2D eigenvalue weighted by Crippen LogP contribution is -1.92. The van der Waals surface area contributed by atoms with E-state index in [1.54, 1.807) is 19.4 Å². The van der Waals surface area contributed by atoms with Gasteiger partial charge in [-0.05, 0) is 6.07 Å². The van der Waals surface area contributed by atoms with Gasteiger partial charge in [0.05, 0.1) is 24.7 Å². The molecule has 0 bridgehead atoms. The Labute approximate surface area is 103 Å². The first-order valence-electron chi connectivity index (χ1n) is 5.21. The zero-order valence-electron chi connectivity index (χ0n) is 9.97. The maximum atomic E-state index is 10.4. The number of aromatic nitrogens is 1. The Morgan fingerprint density at radius 2 is 2.06 bits per heavy atom. The molecule has 2 aromatic rings. The van der Waals surface area contributed by atoms with Crippen molar-refractivity contribution in [3.63, 3.8) is 0 Å². The van der Waals surface area contributed by atoms with E-state index < -0.39 is 4.92 Å². The highest BCUT2D eigenvalue weighted by Gasteiger charge is 2.13. The molecule has 2 rings (SSSR count). The molecule has 0 atom stereocenters. The summed E-state index contributed by atoms with van der Waals surface area (Å²) < 4.78 is 10.5. The number of nitrogens with one attached hydrogen (secondary N) is 1. The van der Waals surface area contributed by atoms with Crippen molar-refractivity contribution in [3.05, 3.63) is 40.2 Å². The van der Waals surface area contributed by atoms with Crippen LogP contribution in [0.25, 0.3) is 17.0 Å². The molecule has 18 heavy (non-hydrogen) atoms. The molecular formula is C12H12N2O4. The van der Waals surface area contributed by atoms with Gasteiger partial charge < -0.3 is 14.5 Å². The van der Waals surface area contributed by atoms with Crippen LogP contribution in [-0.2, 0) is 0 Å². The summed E-state index contributed by atoms with van der Waals surface area (Å²) in [5.74, 6) is 1.15. The van der Waals surface area contributed by atoms with E-state index in [0.29, 0.717) is 17.1 Å². The fraction of sp³-hybridized carbons (Fsp3) is 0.167. The van der Waals surface area contributed by atoms with Crippen molar-refractivity contribution < 1.29 is 14.4 Å². The van der Waals surface area contributed by atoms with Crippen LogP contribution in [-0.4, -0.2) is 24.1 Å². The third kappa shape index (κ3) is 2.00. The predicted molar refractivity (Wildman–Crippen MR) is 67.4 cm³/mol. The second-order valence-electron chi connectivity index (χ2n) is 3.56. The zero-order valence-corrected chi connectivity index (χ0v) is 9.97. The van der Waals surface area contributed by atoms with E-state index in [1.807, 2.05) is 6.07 Å². The number of H-pyrrole nitrogens is 1. The maximum Gasteiger partial charge on any atom is 0.235 e. The molecule has 0 aliphatic carbocycles. The molecule has 0 aliphatic rings. The quantitative estimate of drug-likeness (QED) is 0.665. The third-order valence-corrected chi connectivity index (χ3v) is 2.61. The molecule has 0 saturated heterocycles. The van der Waals surface area contributed by atoms with Gasteiger partial charge in [0.1, 0.15) is 11.5 Å². The summed E-state index contributed by atoms with van der Waals surface area (Å²) in [5.41, 5.74) is 1.42. The van der Waals surface area contributed by atoms with Gasteiger partial charge in [-0.1, -0.05) is 0 Å². The highest BCUT2D eigenvalue weighted by Crippen LogP contribution is 2.35. The van der Waals surface area contributed by atoms with Gasteiger partial charge in [0.25, 0.3) is 0 Å². The Hall–Kier alpha value is -2.50. The Balaban J connectivity index is 2.69. The number of fused-ring (bicyclic) bond motifs is 1. The number of ether oxygens (including phenoxy) is 2. The summed E-state index contributed by atoms with van der Waals surface area (Å²) >= 11 is 0. The number of methoxy groups -OCH3 is 2. The van der Waals surface area contributed by atoms with Crippen molar-refractivity contribution in [1.29, 1.82) is 0 Å². The molecule has 0 amide bonds. The second kappa shape index (κ2) is 4.79.